The van der Waals surface area contributed by atoms with Gasteiger partial charge in [-0.3, -0.25) is 4.98 Å². The van der Waals surface area contributed by atoms with Gasteiger partial charge < -0.3 is 10.8 Å². The van der Waals surface area contributed by atoms with Crippen LogP contribution in [-0.2, 0) is 0 Å². The SMILES string of the molecule is N/C(=N\N=C\c1ccccc1O)c1cncc(Cl)n1. The predicted molar refractivity (Wildman–Crippen MR) is 73.5 cm³/mol. The third-order valence-electron chi connectivity index (χ3n) is 2.17. The van der Waals surface area contributed by atoms with Gasteiger partial charge in [0.25, 0.3) is 0 Å². The Morgan fingerprint density at radius 1 is 1.32 bits per heavy atom. The van der Waals surface area contributed by atoms with Gasteiger partial charge in [0.15, 0.2) is 5.84 Å². The maximum atomic E-state index is 9.52. The maximum absolute atomic E-state index is 9.52. The average Bonchev–Trinajstić information content (AvgIpc) is 2.41. The van der Waals surface area contributed by atoms with Crippen LogP contribution in [0.25, 0.3) is 0 Å². The molecule has 6 nitrogen and oxygen atoms in total. The van der Waals surface area contributed by atoms with Gasteiger partial charge in [0.1, 0.15) is 16.6 Å². The van der Waals surface area contributed by atoms with Crippen LogP contribution in [-0.4, -0.2) is 27.1 Å². The number of phenolic OH excluding ortho intramolecular Hbond substituents is 1. The van der Waals surface area contributed by atoms with Crippen molar-refractivity contribution < 1.29 is 5.11 Å². The largest absolute Gasteiger partial charge is 0.507 e. The van der Waals surface area contributed by atoms with E-state index in [1.165, 1.54) is 18.6 Å². The van der Waals surface area contributed by atoms with Crippen LogP contribution in [0.4, 0.5) is 0 Å². The molecule has 2 rings (SSSR count). The van der Waals surface area contributed by atoms with Gasteiger partial charge in [-0.2, -0.15) is 5.10 Å². The molecule has 2 aromatic rings. The van der Waals surface area contributed by atoms with Crippen molar-refractivity contribution in [3.8, 4) is 5.75 Å². The fraction of sp³-hybridized carbons (Fsp3) is 0. The van der Waals surface area contributed by atoms with E-state index >= 15 is 0 Å². The molecular formula is C12H10ClN5O. The molecule has 0 aliphatic carbocycles. The topological polar surface area (TPSA) is 96.8 Å². The minimum absolute atomic E-state index is 0.0849. The van der Waals surface area contributed by atoms with E-state index in [4.69, 9.17) is 17.3 Å². The van der Waals surface area contributed by atoms with Crippen molar-refractivity contribution in [2.45, 2.75) is 0 Å². The summed E-state index contributed by atoms with van der Waals surface area (Å²) in [4.78, 5) is 7.78. The van der Waals surface area contributed by atoms with Crippen LogP contribution in [0.3, 0.4) is 0 Å². The van der Waals surface area contributed by atoms with Crippen molar-refractivity contribution in [3.05, 3.63) is 53.1 Å². The quantitative estimate of drug-likeness (QED) is 0.505. The minimum atomic E-state index is 0.0849. The van der Waals surface area contributed by atoms with E-state index in [9.17, 15) is 5.11 Å². The number of rotatable bonds is 3. The summed E-state index contributed by atoms with van der Waals surface area (Å²) >= 11 is 5.68. The normalized spacial score (nSPS) is 11.9. The molecule has 0 amide bonds. The molecule has 0 spiro atoms. The molecule has 0 fully saturated rings. The van der Waals surface area contributed by atoms with Crippen molar-refractivity contribution >= 4 is 23.7 Å². The number of hydrogen-bond acceptors (Lipinski definition) is 5. The predicted octanol–water partition coefficient (Wildman–Crippen LogP) is 1.57. The molecule has 1 aromatic heterocycles. The van der Waals surface area contributed by atoms with Gasteiger partial charge in [-0.1, -0.05) is 23.7 Å². The number of para-hydroxylation sites is 1. The number of nitrogens with zero attached hydrogens (tertiary/aromatic N) is 4. The Balaban J connectivity index is 2.17. The third-order valence-corrected chi connectivity index (χ3v) is 2.35. The van der Waals surface area contributed by atoms with E-state index in [0.29, 0.717) is 11.3 Å². The number of nitrogens with two attached hydrogens (primary N) is 1. The highest BCUT2D eigenvalue weighted by Crippen LogP contribution is 2.12. The molecule has 0 saturated carbocycles. The molecule has 3 N–H and O–H groups in total. The molecule has 0 saturated heterocycles. The molecule has 0 bridgehead atoms. The lowest BCUT2D eigenvalue weighted by Gasteiger charge is -1.97. The van der Waals surface area contributed by atoms with Crippen LogP contribution in [0.2, 0.25) is 5.15 Å². The van der Waals surface area contributed by atoms with E-state index in [0.717, 1.165) is 0 Å². The van der Waals surface area contributed by atoms with Gasteiger partial charge >= 0.3 is 0 Å². The number of aromatic nitrogens is 2. The average molecular weight is 276 g/mol. The molecule has 96 valence electrons. The highest BCUT2D eigenvalue weighted by Gasteiger charge is 2.01. The van der Waals surface area contributed by atoms with Gasteiger partial charge in [0, 0.05) is 5.56 Å². The summed E-state index contributed by atoms with van der Waals surface area (Å²) in [6, 6.07) is 6.74. The van der Waals surface area contributed by atoms with Crippen LogP contribution in [0.5, 0.6) is 5.75 Å². The van der Waals surface area contributed by atoms with Crippen LogP contribution in [0.15, 0.2) is 46.9 Å². The molecule has 0 aliphatic heterocycles. The van der Waals surface area contributed by atoms with Gasteiger partial charge in [-0.25, -0.2) is 4.98 Å². The summed E-state index contributed by atoms with van der Waals surface area (Å²) < 4.78 is 0. The standard InChI is InChI=1S/C12H10ClN5O/c13-11-7-15-6-9(17-11)12(14)18-16-5-8-3-1-2-4-10(8)19/h1-7,19H,(H2,14,18)/b16-5+. The monoisotopic (exact) mass is 275 g/mol. The number of amidine groups is 1. The number of halogens is 1. The van der Waals surface area contributed by atoms with E-state index in [1.807, 2.05) is 0 Å². The second-order valence-electron chi connectivity index (χ2n) is 3.52. The molecule has 0 atom stereocenters. The van der Waals surface area contributed by atoms with Crippen LogP contribution >= 0.6 is 11.6 Å². The summed E-state index contributed by atoms with van der Waals surface area (Å²) in [5, 5.41) is 17.3. The molecule has 1 heterocycles. The fourth-order valence-corrected chi connectivity index (χ4v) is 1.41. The number of hydrogen-bond donors (Lipinski definition) is 2. The van der Waals surface area contributed by atoms with Crippen LogP contribution in [0.1, 0.15) is 11.3 Å². The van der Waals surface area contributed by atoms with Crippen molar-refractivity contribution in [3.63, 3.8) is 0 Å². The Morgan fingerprint density at radius 3 is 2.84 bits per heavy atom. The van der Waals surface area contributed by atoms with Crippen molar-refractivity contribution in [2.75, 3.05) is 0 Å². The summed E-state index contributed by atoms with van der Waals surface area (Å²) in [7, 11) is 0. The zero-order valence-electron chi connectivity index (χ0n) is 9.73. The van der Waals surface area contributed by atoms with E-state index in [-0.39, 0.29) is 16.7 Å². The Morgan fingerprint density at radius 2 is 2.11 bits per heavy atom. The van der Waals surface area contributed by atoms with Gasteiger partial charge in [-0.15, -0.1) is 5.10 Å². The molecule has 7 heteroatoms. The first-order valence-corrected chi connectivity index (χ1v) is 5.67. The molecule has 0 radical (unpaired) electrons. The third kappa shape index (κ3) is 3.49. The van der Waals surface area contributed by atoms with Crippen molar-refractivity contribution in [2.24, 2.45) is 15.9 Å². The lowest BCUT2D eigenvalue weighted by atomic mass is 10.2. The molecule has 19 heavy (non-hydrogen) atoms. The molecule has 0 unspecified atom stereocenters. The molecular weight excluding hydrogens is 266 g/mol. The highest BCUT2D eigenvalue weighted by atomic mass is 35.5. The van der Waals surface area contributed by atoms with E-state index in [1.54, 1.807) is 24.3 Å². The lowest BCUT2D eigenvalue weighted by molar-refractivity contribution is 0.474. The van der Waals surface area contributed by atoms with Crippen LogP contribution < -0.4 is 5.73 Å². The first-order chi connectivity index (χ1) is 9.16. The Bertz CT molecular complexity index is 642. The minimum Gasteiger partial charge on any atom is -0.507 e. The Hall–Kier alpha value is -2.47. The number of phenols is 1. The Kier molecular flexibility index (Phi) is 4.04. The maximum Gasteiger partial charge on any atom is 0.173 e. The van der Waals surface area contributed by atoms with Gasteiger partial charge in [0.05, 0.1) is 18.6 Å². The number of aromatic hydroxyl groups is 1. The summed E-state index contributed by atoms with van der Waals surface area (Å²) in [5.41, 5.74) is 6.55. The summed E-state index contributed by atoms with van der Waals surface area (Å²) in [6.07, 6.45) is 4.21. The van der Waals surface area contributed by atoms with Gasteiger partial charge in [0.2, 0.25) is 0 Å². The first-order valence-electron chi connectivity index (χ1n) is 5.29. The first kappa shape index (κ1) is 13.0. The lowest BCUT2D eigenvalue weighted by Crippen LogP contribution is -2.15. The molecule has 0 aliphatic rings. The van der Waals surface area contributed by atoms with Crippen molar-refractivity contribution in [1.29, 1.82) is 0 Å². The summed E-state index contributed by atoms with van der Waals surface area (Å²) in [6.45, 7) is 0. The van der Waals surface area contributed by atoms with Gasteiger partial charge in [-0.05, 0) is 12.1 Å². The highest BCUT2D eigenvalue weighted by molar-refractivity contribution is 6.29. The smallest absolute Gasteiger partial charge is 0.173 e. The summed E-state index contributed by atoms with van der Waals surface area (Å²) in [5.74, 6) is 0.198. The second kappa shape index (κ2) is 5.92. The molecule has 1 aromatic carbocycles. The van der Waals surface area contributed by atoms with Crippen molar-refractivity contribution in [1.82, 2.24) is 9.97 Å². The second-order valence-corrected chi connectivity index (χ2v) is 3.90. The van der Waals surface area contributed by atoms with E-state index in [2.05, 4.69) is 20.2 Å². The van der Waals surface area contributed by atoms with Crippen LogP contribution in [0, 0.1) is 0 Å². The zero-order valence-corrected chi connectivity index (χ0v) is 10.5. The Labute approximate surface area is 114 Å². The zero-order chi connectivity index (χ0) is 13.7. The number of benzene rings is 1. The fourth-order valence-electron chi connectivity index (χ4n) is 1.27. The van der Waals surface area contributed by atoms with E-state index < -0.39 is 0 Å².